The van der Waals surface area contributed by atoms with E-state index >= 15 is 0 Å². The van der Waals surface area contributed by atoms with Gasteiger partial charge in [-0.3, -0.25) is 9.78 Å². The largest absolute Gasteiger partial charge is 0.326 e. The average molecular weight is 281 g/mol. The molecule has 3 N–H and O–H groups in total. The number of aromatic nitrogens is 3. The molecule has 0 fully saturated rings. The Morgan fingerprint density at radius 2 is 2.24 bits per heavy atom. The summed E-state index contributed by atoms with van der Waals surface area (Å²) in [5.41, 5.74) is 9.50. The van der Waals surface area contributed by atoms with Gasteiger partial charge in [0.05, 0.1) is 23.5 Å². The molecule has 0 aliphatic heterocycles. The van der Waals surface area contributed by atoms with Crippen LogP contribution >= 0.6 is 0 Å². The predicted molar refractivity (Wildman–Crippen MR) is 80.0 cm³/mol. The number of nitrogens with two attached hydrogens (primary N) is 1. The Bertz CT molecular complexity index is 809. The van der Waals surface area contributed by atoms with Crippen LogP contribution in [0.15, 0.2) is 43.0 Å². The predicted octanol–water partition coefficient (Wildman–Crippen LogP) is 1.75. The third-order valence-corrected chi connectivity index (χ3v) is 3.36. The summed E-state index contributed by atoms with van der Waals surface area (Å²) in [7, 11) is 0. The van der Waals surface area contributed by atoms with Crippen LogP contribution in [-0.2, 0) is 6.54 Å². The number of benzene rings is 1. The quantitative estimate of drug-likeness (QED) is 0.766. The van der Waals surface area contributed by atoms with Crippen LogP contribution in [-0.4, -0.2) is 20.5 Å². The number of aryl methyl sites for hydroxylation is 1. The molecule has 21 heavy (non-hydrogen) atoms. The van der Waals surface area contributed by atoms with E-state index in [1.54, 1.807) is 23.1 Å². The number of nitrogens with one attached hydrogen (secondary N) is 1. The minimum Gasteiger partial charge on any atom is -0.326 e. The molecule has 0 aliphatic rings. The Labute approximate surface area is 121 Å². The van der Waals surface area contributed by atoms with E-state index in [0.29, 0.717) is 17.6 Å². The molecule has 0 saturated heterocycles. The maximum atomic E-state index is 12.4. The summed E-state index contributed by atoms with van der Waals surface area (Å²) in [6.07, 6.45) is 6.47. The molecule has 0 aliphatic carbocycles. The summed E-state index contributed by atoms with van der Waals surface area (Å²) >= 11 is 0. The first-order chi connectivity index (χ1) is 10.2. The van der Waals surface area contributed by atoms with Crippen LogP contribution in [0.2, 0.25) is 0 Å². The van der Waals surface area contributed by atoms with E-state index in [9.17, 15) is 4.79 Å². The van der Waals surface area contributed by atoms with Crippen molar-refractivity contribution in [3.63, 3.8) is 0 Å². The Kier molecular flexibility index (Phi) is 3.37. The third-order valence-electron chi connectivity index (χ3n) is 3.36. The van der Waals surface area contributed by atoms with Crippen LogP contribution in [0.5, 0.6) is 0 Å². The van der Waals surface area contributed by atoms with Crippen molar-refractivity contribution >= 4 is 17.1 Å². The molecule has 0 unspecified atom stereocenters. The van der Waals surface area contributed by atoms with Crippen molar-refractivity contribution < 1.29 is 4.79 Å². The lowest BCUT2D eigenvalue weighted by atomic mass is 10.1. The SMILES string of the molecule is Cc1ccc(CN)cc1NC(=O)c1cnn2ccncc12. The molecule has 0 radical (unpaired) electrons. The molecule has 0 spiro atoms. The van der Waals surface area contributed by atoms with Crippen molar-refractivity contribution in [1.82, 2.24) is 14.6 Å². The van der Waals surface area contributed by atoms with Crippen LogP contribution in [0.4, 0.5) is 5.69 Å². The van der Waals surface area contributed by atoms with Gasteiger partial charge in [0, 0.05) is 24.6 Å². The van der Waals surface area contributed by atoms with Gasteiger partial charge in [-0.1, -0.05) is 12.1 Å². The van der Waals surface area contributed by atoms with Gasteiger partial charge < -0.3 is 11.1 Å². The Hall–Kier alpha value is -2.73. The highest BCUT2D eigenvalue weighted by atomic mass is 16.1. The van der Waals surface area contributed by atoms with E-state index in [-0.39, 0.29) is 5.91 Å². The summed E-state index contributed by atoms with van der Waals surface area (Å²) in [5.74, 6) is -0.213. The number of carbonyl (C=O) groups excluding carboxylic acids is 1. The van der Waals surface area contributed by atoms with E-state index in [2.05, 4.69) is 15.4 Å². The van der Waals surface area contributed by atoms with Crippen LogP contribution in [0, 0.1) is 6.92 Å². The molecule has 1 amide bonds. The lowest BCUT2D eigenvalue weighted by Crippen LogP contribution is -2.13. The number of hydrogen-bond donors (Lipinski definition) is 2. The number of fused-ring (bicyclic) bond motifs is 1. The monoisotopic (exact) mass is 281 g/mol. The average Bonchev–Trinajstić information content (AvgIpc) is 2.93. The van der Waals surface area contributed by atoms with Gasteiger partial charge in [0.15, 0.2) is 0 Å². The van der Waals surface area contributed by atoms with Crippen molar-refractivity contribution in [1.29, 1.82) is 0 Å². The van der Waals surface area contributed by atoms with Crippen molar-refractivity contribution in [3.8, 4) is 0 Å². The normalized spacial score (nSPS) is 10.8. The van der Waals surface area contributed by atoms with E-state index in [0.717, 1.165) is 16.8 Å². The van der Waals surface area contributed by atoms with Gasteiger partial charge in [0.25, 0.3) is 5.91 Å². The fraction of sp³-hybridized carbons (Fsp3) is 0.133. The first-order valence-electron chi connectivity index (χ1n) is 6.57. The molecule has 6 heteroatoms. The fourth-order valence-electron chi connectivity index (χ4n) is 2.13. The van der Waals surface area contributed by atoms with Gasteiger partial charge in [-0.15, -0.1) is 0 Å². The fourth-order valence-corrected chi connectivity index (χ4v) is 2.13. The van der Waals surface area contributed by atoms with E-state index in [4.69, 9.17) is 5.73 Å². The van der Waals surface area contributed by atoms with E-state index in [1.807, 2.05) is 25.1 Å². The highest BCUT2D eigenvalue weighted by Gasteiger charge is 2.13. The smallest absolute Gasteiger partial charge is 0.259 e. The van der Waals surface area contributed by atoms with E-state index < -0.39 is 0 Å². The number of hydrogen-bond acceptors (Lipinski definition) is 4. The third kappa shape index (κ3) is 2.48. The molecule has 3 rings (SSSR count). The second-order valence-electron chi connectivity index (χ2n) is 4.77. The Morgan fingerprint density at radius 1 is 1.38 bits per heavy atom. The molecule has 106 valence electrons. The van der Waals surface area contributed by atoms with E-state index in [1.165, 1.54) is 6.20 Å². The van der Waals surface area contributed by atoms with Crippen LogP contribution < -0.4 is 11.1 Å². The van der Waals surface area contributed by atoms with Crippen LogP contribution in [0.1, 0.15) is 21.5 Å². The van der Waals surface area contributed by atoms with Crippen LogP contribution in [0.25, 0.3) is 5.52 Å². The summed E-state index contributed by atoms with van der Waals surface area (Å²) in [5, 5.41) is 7.04. The zero-order chi connectivity index (χ0) is 14.8. The summed E-state index contributed by atoms with van der Waals surface area (Å²) in [6.45, 7) is 2.37. The molecule has 3 aromatic rings. The maximum Gasteiger partial charge on any atom is 0.259 e. The second kappa shape index (κ2) is 5.34. The topological polar surface area (TPSA) is 85.3 Å². The summed E-state index contributed by atoms with van der Waals surface area (Å²) < 4.78 is 1.62. The molecule has 0 saturated carbocycles. The number of anilines is 1. The maximum absolute atomic E-state index is 12.4. The van der Waals surface area contributed by atoms with Crippen molar-refractivity contribution in [2.45, 2.75) is 13.5 Å². The van der Waals surface area contributed by atoms with Gasteiger partial charge in [0.2, 0.25) is 0 Å². The summed E-state index contributed by atoms with van der Waals surface area (Å²) in [6, 6.07) is 5.77. The molecule has 0 bridgehead atoms. The summed E-state index contributed by atoms with van der Waals surface area (Å²) in [4.78, 5) is 16.4. The molecular weight excluding hydrogens is 266 g/mol. The lowest BCUT2D eigenvalue weighted by Gasteiger charge is -2.09. The molecule has 2 aromatic heterocycles. The molecule has 1 aromatic carbocycles. The van der Waals surface area contributed by atoms with Gasteiger partial charge in [0.1, 0.15) is 0 Å². The number of carbonyl (C=O) groups is 1. The first kappa shape index (κ1) is 13.3. The van der Waals surface area contributed by atoms with Crippen molar-refractivity contribution in [3.05, 3.63) is 59.7 Å². The lowest BCUT2D eigenvalue weighted by molar-refractivity contribution is 0.102. The second-order valence-corrected chi connectivity index (χ2v) is 4.77. The molecule has 6 nitrogen and oxygen atoms in total. The zero-order valence-electron chi connectivity index (χ0n) is 11.6. The van der Waals surface area contributed by atoms with Crippen LogP contribution in [0.3, 0.4) is 0 Å². The molecule has 2 heterocycles. The zero-order valence-corrected chi connectivity index (χ0v) is 11.6. The highest BCUT2D eigenvalue weighted by molar-refractivity contribution is 6.09. The van der Waals surface area contributed by atoms with Crippen molar-refractivity contribution in [2.75, 3.05) is 5.32 Å². The minimum absolute atomic E-state index is 0.213. The standard InChI is InChI=1S/C15H15N5O/c1-10-2-3-11(7-16)6-13(10)19-15(21)12-8-18-20-5-4-17-9-14(12)20/h2-6,8-9H,7,16H2,1H3,(H,19,21). The van der Waals surface area contributed by atoms with Gasteiger partial charge in [-0.2, -0.15) is 5.10 Å². The van der Waals surface area contributed by atoms with Gasteiger partial charge in [-0.05, 0) is 24.1 Å². The first-order valence-corrected chi connectivity index (χ1v) is 6.57. The minimum atomic E-state index is -0.213. The van der Waals surface area contributed by atoms with Gasteiger partial charge >= 0.3 is 0 Å². The Morgan fingerprint density at radius 3 is 3.05 bits per heavy atom. The Balaban J connectivity index is 1.93. The highest BCUT2D eigenvalue weighted by Crippen LogP contribution is 2.19. The number of rotatable bonds is 3. The van der Waals surface area contributed by atoms with Gasteiger partial charge in [-0.25, -0.2) is 4.52 Å². The molecular formula is C15H15N5O. The number of nitrogens with zero attached hydrogens (tertiary/aromatic N) is 3. The number of amides is 1. The molecule has 0 atom stereocenters. The van der Waals surface area contributed by atoms with Crippen molar-refractivity contribution in [2.24, 2.45) is 5.73 Å².